The smallest absolute Gasteiger partial charge is 0.322 e. The standard InChI is InChI=1S/C17H22N4O3/c1-17(15(23)19-16(24)20-17)12-7-5-11(6-8-12)14(22)21-9-3-2-4-13(21)10-18/h5-8,13H,2-4,9-10,18H2,1H3,(H2,19,20,23,24)/t13-,17-/m0/s1. The number of nitrogens with two attached hydrogens (primary N) is 1. The average molecular weight is 330 g/mol. The zero-order valence-corrected chi connectivity index (χ0v) is 13.7. The lowest BCUT2D eigenvalue weighted by molar-refractivity contribution is -0.123. The van der Waals surface area contributed by atoms with E-state index in [0.29, 0.717) is 17.7 Å². The molecule has 3 rings (SSSR count). The van der Waals surface area contributed by atoms with E-state index in [1.165, 1.54) is 0 Å². The van der Waals surface area contributed by atoms with Gasteiger partial charge in [-0.1, -0.05) is 12.1 Å². The topological polar surface area (TPSA) is 105 Å². The Kier molecular flexibility index (Phi) is 4.28. The summed E-state index contributed by atoms with van der Waals surface area (Å²) in [6.07, 6.45) is 3.02. The second-order valence-electron chi connectivity index (χ2n) is 6.49. The number of carbonyl (C=O) groups excluding carboxylic acids is 3. The van der Waals surface area contributed by atoms with Crippen molar-refractivity contribution in [3.05, 3.63) is 35.4 Å². The summed E-state index contributed by atoms with van der Waals surface area (Å²) in [6, 6.07) is 6.39. The van der Waals surface area contributed by atoms with Gasteiger partial charge in [0.05, 0.1) is 0 Å². The van der Waals surface area contributed by atoms with Crippen molar-refractivity contribution >= 4 is 17.8 Å². The summed E-state index contributed by atoms with van der Waals surface area (Å²) in [5, 5.41) is 4.84. The van der Waals surface area contributed by atoms with Crippen molar-refractivity contribution in [2.24, 2.45) is 5.73 Å². The van der Waals surface area contributed by atoms with E-state index in [0.717, 1.165) is 25.8 Å². The van der Waals surface area contributed by atoms with Gasteiger partial charge in [-0.15, -0.1) is 0 Å². The number of nitrogens with zero attached hydrogens (tertiary/aromatic N) is 1. The largest absolute Gasteiger partial charge is 0.334 e. The van der Waals surface area contributed by atoms with Crippen molar-refractivity contribution in [3.8, 4) is 0 Å². The summed E-state index contributed by atoms with van der Waals surface area (Å²) in [4.78, 5) is 37.9. The van der Waals surface area contributed by atoms with Crippen LogP contribution in [0.25, 0.3) is 0 Å². The Hall–Kier alpha value is -2.41. The molecule has 2 aliphatic rings. The van der Waals surface area contributed by atoms with Gasteiger partial charge >= 0.3 is 6.03 Å². The molecular weight excluding hydrogens is 308 g/mol. The number of amides is 4. The van der Waals surface area contributed by atoms with E-state index in [4.69, 9.17) is 5.73 Å². The first-order valence-electron chi connectivity index (χ1n) is 8.21. The number of benzene rings is 1. The molecule has 0 saturated carbocycles. The molecule has 0 spiro atoms. The number of imide groups is 1. The lowest BCUT2D eigenvalue weighted by Crippen LogP contribution is -2.47. The van der Waals surface area contributed by atoms with Crippen LogP contribution in [0.1, 0.15) is 42.1 Å². The van der Waals surface area contributed by atoms with Crippen LogP contribution in [0.2, 0.25) is 0 Å². The van der Waals surface area contributed by atoms with E-state index in [-0.39, 0.29) is 11.9 Å². The zero-order chi connectivity index (χ0) is 17.3. The Labute approximate surface area is 140 Å². The summed E-state index contributed by atoms with van der Waals surface area (Å²) in [5.41, 5.74) is 5.87. The van der Waals surface area contributed by atoms with Crippen LogP contribution in [0.5, 0.6) is 0 Å². The number of piperidine rings is 1. The van der Waals surface area contributed by atoms with E-state index in [1.54, 1.807) is 31.2 Å². The minimum absolute atomic E-state index is 0.0400. The van der Waals surface area contributed by atoms with E-state index in [1.807, 2.05) is 4.90 Å². The van der Waals surface area contributed by atoms with Crippen LogP contribution in [0.4, 0.5) is 4.79 Å². The van der Waals surface area contributed by atoms with Gasteiger partial charge in [0.15, 0.2) is 0 Å². The fraction of sp³-hybridized carbons (Fsp3) is 0.471. The Balaban J connectivity index is 1.80. The maximum absolute atomic E-state index is 12.7. The number of hydrogen-bond acceptors (Lipinski definition) is 4. The number of likely N-dealkylation sites (tertiary alicyclic amines) is 1. The first kappa shape index (κ1) is 16.4. The summed E-state index contributed by atoms with van der Waals surface area (Å²) >= 11 is 0. The van der Waals surface area contributed by atoms with Crippen LogP contribution in [0.15, 0.2) is 24.3 Å². The molecule has 128 valence electrons. The molecule has 2 aliphatic heterocycles. The molecular formula is C17H22N4O3. The number of urea groups is 1. The molecule has 0 radical (unpaired) electrons. The van der Waals surface area contributed by atoms with Crippen LogP contribution < -0.4 is 16.4 Å². The van der Waals surface area contributed by atoms with Crippen molar-refractivity contribution < 1.29 is 14.4 Å². The third-order valence-electron chi connectivity index (χ3n) is 4.91. The van der Waals surface area contributed by atoms with Crippen LogP contribution in [0, 0.1) is 0 Å². The zero-order valence-electron chi connectivity index (χ0n) is 13.7. The van der Waals surface area contributed by atoms with Gasteiger partial charge in [0.1, 0.15) is 5.54 Å². The first-order valence-corrected chi connectivity index (χ1v) is 8.21. The van der Waals surface area contributed by atoms with Gasteiger partial charge in [-0.3, -0.25) is 14.9 Å². The molecule has 2 saturated heterocycles. The van der Waals surface area contributed by atoms with Crippen LogP contribution in [0.3, 0.4) is 0 Å². The molecule has 4 N–H and O–H groups in total. The molecule has 0 aliphatic carbocycles. The third-order valence-corrected chi connectivity index (χ3v) is 4.91. The van der Waals surface area contributed by atoms with Gasteiger partial charge in [0.25, 0.3) is 11.8 Å². The highest BCUT2D eigenvalue weighted by Gasteiger charge is 2.43. The Morgan fingerprint density at radius 2 is 2.00 bits per heavy atom. The lowest BCUT2D eigenvalue weighted by atomic mass is 9.91. The van der Waals surface area contributed by atoms with Gasteiger partial charge in [-0.2, -0.15) is 0 Å². The van der Waals surface area contributed by atoms with Crippen molar-refractivity contribution in [2.75, 3.05) is 13.1 Å². The summed E-state index contributed by atoms with van der Waals surface area (Å²) in [5.74, 6) is -0.437. The fourth-order valence-corrected chi connectivity index (χ4v) is 3.37. The van der Waals surface area contributed by atoms with E-state index in [9.17, 15) is 14.4 Å². The summed E-state index contributed by atoms with van der Waals surface area (Å²) in [7, 11) is 0. The van der Waals surface area contributed by atoms with Gasteiger partial charge in [-0.05, 0) is 43.9 Å². The van der Waals surface area contributed by atoms with Crippen molar-refractivity contribution in [2.45, 2.75) is 37.8 Å². The molecule has 2 atom stereocenters. The van der Waals surface area contributed by atoms with Gasteiger partial charge in [-0.25, -0.2) is 4.79 Å². The summed E-state index contributed by atoms with van der Waals surface area (Å²) in [6.45, 7) is 2.83. The highest BCUT2D eigenvalue weighted by Crippen LogP contribution is 2.25. The Morgan fingerprint density at radius 3 is 2.58 bits per heavy atom. The fourth-order valence-electron chi connectivity index (χ4n) is 3.37. The van der Waals surface area contributed by atoms with E-state index < -0.39 is 17.5 Å². The molecule has 24 heavy (non-hydrogen) atoms. The minimum atomic E-state index is -1.11. The quantitative estimate of drug-likeness (QED) is 0.709. The lowest BCUT2D eigenvalue weighted by Gasteiger charge is -2.35. The van der Waals surface area contributed by atoms with Crippen molar-refractivity contribution in [1.29, 1.82) is 0 Å². The predicted octanol–water partition coefficient (Wildman–Crippen LogP) is 0.695. The average Bonchev–Trinajstić information content (AvgIpc) is 2.87. The molecule has 7 nitrogen and oxygen atoms in total. The van der Waals surface area contributed by atoms with Crippen molar-refractivity contribution in [1.82, 2.24) is 15.5 Å². The molecule has 2 fully saturated rings. The maximum atomic E-state index is 12.7. The number of carbonyl (C=O) groups is 3. The Morgan fingerprint density at radius 1 is 1.29 bits per heavy atom. The van der Waals surface area contributed by atoms with Crippen molar-refractivity contribution in [3.63, 3.8) is 0 Å². The molecule has 0 unspecified atom stereocenters. The molecule has 0 bridgehead atoms. The number of rotatable bonds is 3. The minimum Gasteiger partial charge on any atom is -0.334 e. The molecule has 1 aromatic rings. The summed E-state index contributed by atoms with van der Waals surface area (Å²) < 4.78 is 0. The molecule has 4 amide bonds. The SMILES string of the molecule is C[C@@]1(c2ccc(C(=O)N3CCCC[C@H]3CN)cc2)NC(=O)NC1=O. The first-order chi connectivity index (χ1) is 11.5. The second kappa shape index (κ2) is 6.24. The van der Waals surface area contributed by atoms with E-state index in [2.05, 4.69) is 10.6 Å². The highest BCUT2D eigenvalue weighted by atomic mass is 16.2. The third kappa shape index (κ3) is 2.75. The van der Waals surface area contributed by atoms with E-state index >= 15 is 0 Å². The molecule has 7 heteroatoms. The molecule has 1 aromatic carbocycles. The van der Waals surface area contributed by atoms with Gasteiger partial charge in [0, 0.05) is 24.7 Å². The molecule has 2 heterocycles. The highest BCUT2D eigenvalue weighted by molar-refractivity contribution is 6.07. The van der Waals surface area contributed by atoms with Crippen LogP contribution in [-0.2, 0) is 10.3 Å². The van der Waals surface area contributed by atoms with Crippen LogP contribution in [-0.4, -0.2) is 41.9 Å². The Bertz CT molecular complexity index is 673. The second-order valence-corrected chi connectivity index (χ2v) is 6.49. The normalized spacial score (nSPS) is 26.9. The van der Waals surface area contributed by atoms with Gasteiger partial charge < -0.3 is 16.0 Å². The van der Waals surface area contributed by atoms with Gasteiger partial charge in [0.2, 0.25) is 0 Å². The number of nitrogens with one attached hydrogen (secondary N) is 2. The van der Waals surface area contributed by atoms with Crippen LogP contribution >= 0.6 is 0 Å². The monoisotopic (exact) mass is 330 g/mol. The number of hydrogen-bond donors (Lipinski definition) is 3. The maximum Gasteiger partial charge on any atom is 0.322 e. The predicted molar refractivity (Wildman–Crippen MR) is 88.2 cm³/mol. The molecule has 0 aromatic heterocycles.